The second-order valence-electron chi connectivity index (χ2n) is 5.23. The molecule has 0 saturated carbocycles. The Morgan fingerprint density at radius 2 is 2.15 bits per heavy atom. The minimum atomic E-state index is -0.378. The summed E-state index contributed by atoms with van der Waals surface area (Å²) in [5.41, 5.74) is 0. The molecule has 1 fully saturated rings. The number of carbonyl (C=O) groups excluding carboxylic acids is 1. The van der Waals surface area contributed by atoms with Crippen LogP contribution in [-0.2, 0) is 4.79 Å². The van der Waals surface area contributed by atoms with Gasteiger partial charge in [-0.15, -0.1) is 11.8 Å². The molecular weight excluding hydrogens is 294 g/mol. The highest BCUT2D eigenvalue weighted by Crippen LogP contribution is 2.22. The maximum atomic E-state index is 12.1. The number of hydrogen-bond donors (Lipinski definition) is 1. The van der Waals surface area contributed by atoms with Crippen LogP contribution in [0.4, 0.5) is 0 Å². The van der Waals surface area contributed by atoms with Gasteiger partial charge < -0.3 is 10.0 Å². The summed E-state index contributed by atoms with van der Waals surface area (Å²) >= 11 is 7.48. The molecule has 3 nitrogen and oxygen atoms in total. The van der Waals surface area contributed by atoms with Crippen molar-refractivity contribution in [1.82, 2.24) is 4.90 Å². The van der Waals surface area contributed by atoms with E-state index in [9.17, 15) is 9.90 Å². The zero-order valence-electron chi connectivity index (χ0n) is 11.6. The number of nitrogens with zero attached hydrogens (tertiary/aromatic N) is 1. The van der Waals surface area contributed by atoms with Crippen molar-refractivity contribution >= 4 is 29.3 Å². The number of amides is 1. The molecule has 0 bridgehead atoms. The quantitative estimate of drug-likeness (QED) is 0.869. The Hall–Kier alpha value is -0.710. The summed E-state index contributed by atoms with van der Waals surface area (Å²) < 4.78 is 0. The first-order chi connectivity index (χ1) is 9.56. The molecule has 0 aromatic heterocycles. The molecule has 1 saturated heterocycles. The summed E-state index contributed by atoms with van der Waals surface area (Å²) in [6.07, 6.45) is 1.02. The van der Waals surface area contributed by atoms with E-state index in [0.717, 1.165) is 28.6 Å². The standard InChI is InChI=1S/C15H20ClNO2S/c1-11-6-8-17(10-14(11)18)15(19)7-9-20-13-4-2-12(16)3-5-13/h2-5,11,14,18H,6-10H2,1H3. The molecule has 0 aliphatic carbocycles. The Kier molecular flexibility index (Phi) is 5.75. The molecule has 1 aliphatic rings. The van der Waals surface area contributed by atoms with Crippen molar-refractivity contribution < 1.29 is 9.90 Å². The fraction of sp³-hybridized carbons (Fsp3) is 0.533. The van der Waals surface area contributed by atoms with E-state index < -0.39 is 0 Å². The lowest BCUT2D eigenvalue weighted by Gasteiger charge is -2.34. The van der Waals surface area contributed by atoms with Crippen molar-refractivity contribution in [1.29, 1.82) is 0 Å². The average molecular weight is 314 g/mol. The summed E-state index contributed by atoms with van der Waals surface area (Å²) in [6, 6.07) is 7.63. The van der Waals surface area contributed by atoms with E-state index in [4.69, 9.17) is 11.6 Å². The average Bonchev–Trinajstić information content (AvgIpc) is 2.44. The first-order valence-electron chi connectivity index (χ1n) is 6.90. The third kappa shape index (κ3) is 4.40. The number of aliphatic hydroxyl groups is 1. The molecule has 1 heterocycles. The Morgan fingerprint density at radius 3 is 2.80 bits per heavy atom. The van der Waals surface area contributed by atoms with Crippen molar-refractivity contribution in [3.05, 3.63) is 29.3 Å². The summed E-state index contributed by atoms with van der Waals surface area (Å²) in [5, 5.41) is 10.5. The van der Waals surface area contributed by atoms with Gasteiger partial charge in [-0.2, -0.15) is 0 Å². The number of aliphatic hydroxyl groups excluding tert-OH is 1. The van der Waals surface area contributed by atoms with Crippen LogP contribution in [0.15, 0.2) is 29.2 Å². The van der Waals surface area contributed by atoms with E-state index in [-0.39, 0.29) is 12.0 Å². The molecule has 2 atom stereocenters. The van der Waals surface area contributed by atoms with Gasteiger partial charge in [0.15, 0.2) is 0 Å². The minimum Gasteiger partial charge on any atom is -0.391 e. The second-order valence-corrected chi connectivity index (χ2v) is 6.83. The zero-order chi connectivity index (χ0) is 14.5. The lowest BCUT2D eigenvalue weighted by Crippen LogP contribution is -2.45. The van der Waals surface area contributed by atoms with Crippen LogP contribution in [0.1, 0.15) is 19.8 Å². The second kappa shape index (κ2) is 7.34. The van der Waals surface area contributed by atoms with Crippen LogP contribution in [0.25, 0.3) is 0 Å². The van der Waals surface area contributed by atoms with Crippen LogP contribution < -0.4 is 0 Å². The van der Waals surface area contributed by atoms with E-state index in [1.165, 1.54) is 0 Å². The molecule has 5 heteroatoms. The topological polar surface area (TPSA) is 40.5 Å². The number of β-amino-alcohol motifs (C(OH)–C–C–N with tert-alkyl or cyclic N) is 1. The molecular formula is C15H20ClNO2S. The molecule has 0 radical (unpaired) electrons. The summed E-state index contributed by atoms with van der Waals surface area (Å²) in [5.74, 6) is 1.18. The highest BCUT2D eigenvalue weighted by Gasteiger charge is 2.26. The van der Waals surface area contributed by atoms with Crippen molar-refractivity contribution in [3.63, 3.8) is 0 Å². The highest BCUT2D eigenvalue weighted by atomic mass is 35.5. The maximum absolute atomic E-state index is 12.1. The van der Waals surface area contributed by atoms with Crippen molar-refractivity contribution in [2.24, 2.45) is 5.92 Å². The first-order valence-corrected chi connectivity index (χ1v) is 8.27. The van der Waals surface area contributed by atoms with E-state index in [0.29, 0.717) is 18.9 Å². The first kappa shape index (κ1) is 15.7. The van der Waals surface area contributed by atoms with Crippen molar-refractivity contribution in [2.45, 2.75) is 30.8 Å². The monoisotopic (exact) mass is 313 g/mol. The van der Waals surface area contributed by atoms with Crippen LogP contribution >= 0.6 is 23.4 Å². The van der Waals surface area contributed by atoms with Crippen LogP contribution in [0.2, 0.25) is 5.02 Å². The van der Waals surface area contributed by atoms with Crippen molar-refractivity contribution in [3.8, 4) is 0 Å². The minimum absolute atomic E-state index is 0.136. The maximum Gasteiger partial charge on any atom is 0.223 e. The number of hydrogen-bond acceptors (Lipinski definition) is 3. The normalized spacial score (nSPS) is 22.9. The third-order valence-electron chi connectivity index (χ3n) is 3.67. The molecule has 1 amide bonds. The van der Waals surface area contributed by atoms with Crippen LogP contribution in [-0.4, -0.2) is 40.9 Å². The van der Waals surface area contributed by atoms with E-state index in [2.05, 4.69) is 0 Å². The largest absolute Gasteiger partial charge is 0.391 e. The molecule has 1 N–H and O–H groups in total. The Bertz CT molecular complexity index is 452. The predicted molar refractivity (Wildman–Crippen MR) is 83.2 cm³/mol. The van der Waals surface area contributed by atoms with Gasteiger partial charge in [-0.05, 0) is 36.6 Å². The van der Waals surface area contributed by atoms with Gasteiger partial charge in [0.25, 0.3) is 0 Å². The molecule has 1 aromatic carbocycles. The molecule has 1 aliphatic heterocycles. The van der Waals surface area contributed by atoms with Gasteiger partial charge in [0, 0.05) is 35.2 Å². The predicted octanol–water partition coefficient (Wildman–Crippen LogP) is 3.05. The molecule has 20 heavy (non-hydrogen) atoms. The Balaban J connectivity index is 1.74. The number of piperidine rings is 1. The van der Waals surface area contributed by atoms with E-state index in [1.54, 1.807) is 16.7 Å². The van der Waals surface area contributed by atoms with Crippen molar-refractivity contribution in [2.75, 3.05) is 18.8 Å². The number of thioether (sulfide) groups is 1. The number of carbonyl (C=O) groups is 1. The lowest BCUT2D eigenvalue weighted by molar-refractivity contribution is -0.134. The number of halogens is 1. The molecule has 110 valence electrons. The molecule has 2 rings (SSSR count). The fourth-order valence-corrected chi connectivity index (χ4v) is 3.19. The van der Waals surface area contributed by atoms with E-state index in [1.807, 2.05) is 31.2 Å². The zero-order valence-corrected chi connectivity index (χ0v) is 13.2. The number of benzene rings is 1. The fourth-order valence-electron chi connectivity index (χ4n) is 2.22. The van der Waals surface area contributed by atoms with Gasteiger partial charge in [-0.25, -0.2) is 0 Å². The SMILES string of the molecule is CC1CCN(C(=O)CCSc2ccc(Cl)cc2)CC1O. The van der Waals surface area contributed by atoms with Gasteiger partial charge in [-0.1, -0.05) is 18.5 Å². The van der Waals surface area contributed by atoms with Crippen LogP contribution in [0, 0.1) is 5.92 Å². The summed E-state index contributed by atoms with van der Waals surface area (Å²) in [6.45, 7) is 3.27. The Morgan fingerprint density at radius 1 is 1.45 bits per heavy atom. The van der Waals surface area contributed by atoms with E-state index >= 15 is 0 Å². The molecule has 1 aromatic rings. The summed E-state index contributed by atoms with van der Waals surface area (Å²) in [4.78, 5) is 15.0. The van der Waals surface area contributed by atoms with Crippen LogP contribution in [0.5, 0.6) is 0 Å². The molecule has 0 spiro atoms. The third-order valence-corrected chi connectivity index (χ3v) is 4.94. The summed E-state index contributed by atoms with van der Waals surface area (Å²) in [7, 11) is 0. The van der Waals surface area contributed by atoms with Gasteiger partial charge >= 0.3 is 0 Å². The number of rotatable bonds is 4. The molecule has 2 unspecified atom stereocenters. The van der Waals surface area contributed by atoms with Crippen LogP contribution in [0.3, 0.4) is 0 Å². The smallest absolute Gasteiger partial charge is 0.223 e. The van der Waals surface area contributed by atoms with Gasteiger partial charge in [0.1, 0.15) is 0 Å². The number of likely N-dealkylation sites (tertiary alicyclic amines) is 1. The highest BCUT2D eigenvalue weighted by molar-refractivity contribution is 7.99. The van der Waals surface area contributed by atoms with Gasteiger partial charge in [0.05, 0.1) is 6.10 Å². The Labute approximate surface area is 129 Å². The van der Waals surface area contributed by atoms with Gasteiger partial charge in [0.2, 0.25) is 5.91 Å². The van der Waals surface area contributed by atoms with Gasteiger partial charge in [-0.3, -0.25) is 4.79 Å². The lowest BCUT2D eigenvalue weighted by atomic mass is 9.96.